The van der Waals surface area contributed by atoms with Gasteiger partial charge >= 0.3 is 0 Å². The molecule has 0 saturated heterocycles. The fourth-order valence-corrected chi connectivity index (χ4v) is 0.495. The largest absolute Gasteiger partial charge is 0.395 e. The molecule has 0 saturated carbocycles. The number of likely N-dealkylation sites (N-methyl/N-ethyl adjacent to an activating group) is 1. The van der Waals surface area contributed by atoms with Crippen LogP contribution in [-0.4, -0.2) is 73.4 Å². The summed E-state index contributed by atoms with van der Waals surface area (Å²) in [5.41, 5.74) is 4.78. The third-order valence-corrected chi connectivity index (χ3v) is 1.18. The lowest BCUT2D eigenvalue weighted by Gasteiger charge is -2.03. The molecule has 0 fully saturated rings. The van der Waals surface area contributed by atoms with Crippen LogP contribution < -0.4 is 11.1 Å². The van der Waals surface area contributed by atoms with Crippen molar-refractivity contribution in [3.63, 3.8) is 0 Å². The van der Waals surface area contributed by atoms with Gasteiger partial charge in [0.2, 0.25) is 0 Å². The second-order valence-electron chi connectivity index (χ2n) is 3.27. The molecule has 0 radical (unpaired) electrons. The standard InChI is InChI=1S/2C4H11NO.C2H7NO/c1-5(2)3-4-6;1-3-5-4(2)6;3-1-2-4/h6H,3-4H2,1-2H3;4-6H,3H2,1-2H3;4H,1-3H2. The fraction of sp³-hybridized carbons (Fsp3) is 1.00. The lowest BCUT2D eigenvalue weighted by Crippen LogP contribution is -2.24. The summed E-state index contributed by atoms with van der Waals surface area (Å²) in [5, 5.41) is 27.2. The van der Waals surface area contributed by atoms with Gasteiger partial charge < -0.3 is 26.0 Å². The van der Waals surface area contributed by atoms with Crippen molar-refractivity contribution in [2.75, 3.05) is 46.9 Å². The van der Waals surface area contributed by atoms with Crippen molar-refractivity contribution in [2.24, 2.45) is 5.73 Å². The lowest BCUT2D eigenvalue weighted by molar-refractivity contribution is 0.159. The molecule has 1 unspecified atom stereocenters. The Morgan fingerprint density at radius 3 is 1.69 bits per heavy atom. The van der Waals surface area contributed by atoms with Crippen molar-refractivity contribution in [1.82, 2.24) is 10.2 Å². The van der Waals surface area contributed by atoms with E-state index in [-0.39, 0.29) is 19.4 Å². The van der Waals surface area contributed by atoms with Gasteiger partial charge in [0.05, 0.1) is 13.2 Å². The van der Waals surface area contributed by atoms with Crippen LogP contribution >= 0.6 is 0 Å². The first-order valence-corrected chi connectivity index (χ1v) is 5.44. The van der Waals surface area contributed by atoms with Crippen molar-refractivity contribution >= 4 is 0 Å². The second kappa shape index (κ2) is 20.2. The number of aliphatic hydroxyl groups excluding tert-OH is 3. The summed E-state index contributed by atoms with van der Waals surface area (Å²) in [4.78, 5) is 1.93. The van der Waals surface area contributed by atoms with Gasteiger partial charge in [-0.25, -0.2) is 0 Å². The monoisotopic (exact) mass is 239 g/mol. The van der Waals surface area contributed by atoms with Crippen molar-refractivity contribution in [2.45, 2.75) is 20.1 Å². The Labute approximate surface area is 99.1 Å². The molecule has 0 aromatic rings. The highest BCUT2D eigenvalue weighted by atomic mass is 16.3. The minimum absolute atomic E-state index is 0.0972. The molecular weight excluding hydrogens is 210 g/mol. The molecule has 0 aliphatic heterocycles. The summed E-state index contributed by atoms with van der Waals surface area (Å²) in [6.45, 7) is 5.97. The summed E-state index contributed by atoms with van der Waals surface area (Å²) in [6.07, 6.45) is -0.352. The molecule has 0 aliphatic rings. The molecule has 0 amide bonds. The SMILES string of the molecule is CCNC(C)O.CN(C)CCO.NCCO. The number of nitrogens with one attached hydrogen (secondary N) is 1. The summed E-state index contributed by atoms with van der Waals surface area (Å²) >= 11 is 0. The van der Waals surface area contributed by atoms with E-state index in [2.05, 4.69) is 5.32 Å². The smallest absolute Gasteiger partial charge is 0.102 e. The molecule has 1 atom stereocenters. The summed E-state index contributed by atoms with van der Waals surface area (Å²) < 4.78 is 0. The third kappa shape index (κ3) is 49.0. The second-order valence-corrected chi connectivity index (χ2v) is 3.27. The highest BCUT2D eigenvalue weighted by Gasteiger charge is 1.83. The maximum atomic E-state index is 8.44. The lowest BCUT2D eigenvalue weighted by atomic mass is 10.6. The predicted octanol–water partition coefficient (Wildman–Crippen LogP) is -1.59. The van der Waals surface area contributed by atoms with Crippen molar-refractivity contribution in [3.8, 4) is 0 Å². The fourth-order valence-electron chi connectivity index (χ4n) is 0.495. The number of hydrogen-bond donors (Lipinski definition) is 5. The summed E-state index contributed by atoms with van der Waals surface area (Å²) in [6, 6.07) is 0. The van der Waals surface area contributed by atoms with Crippen molar-refractivity contribution in [1.29, 1.82) is 0 Å². The van der Waals surface area contributed by atoms with Crippen molar-refractivity contribution < 1.29 is 15.3 Å². The van der Waals surface area contributed by atoms with Gasteiger partial charge in [-0.05, 0) is 27.6 Å². The Hall–Kier alpha value is -0.240. The van der Waals surface area contributed by atoms with Crippen LogP contribution in [0.2, 0.25) is 0 Å². The van der Waals surface area contributed by atoms with Crippen LogP contribution in [0.4, 0.5) is 0 Å². The van der Waals surface area contributed by atoms with Gasteiger partial charge in [-0.15, -0.1) is 0 Å². The van der Waals surface area contributed by atoms with E-state index in [0.717, 1.165) is 13.1 Å². The van der Waals surface area contributed by atoms with Gasteiger partial charge in [0.15, 0.2) is 0 Å². The van der Waals surface area contributed by atoms with Gasteiger partial charge in [-0.1, -0.05) is 6.92 Å². The van der Waals surface area contributed by atoms with Crippen LogP contribution in [-0.2, 0) is 0 Å². The molecule has 0 aliphatic carbocycles. The Bertz CT molecular complexity index is 91.3. The van der Waals surface area contributed by atoms with Crippen LogP contribution in [0, 0.1) is 0 Å². The topological polar surface area (TPSA) is 102 Å². The van der Waals surface area contributed by atoms with Crippen molar-refractivity contribution in [3.05, 3.63) is 0 Å². The van der Waals surface area contributed by atoms with Gasteiger partial charge in [-0.2, -0.15) is 0 Å². The van der Waals surface area contributed by atoms with E-state index >= 15 is 0 Å². The van der Waals surface area contributed by atoms with Gasteiger partial charge in [0, 0.05) is 13.1 Å². The molecule has 0 aromatic carbocycles. The third-order valence-electron chi connectivity index (χ3n) is 1.18. The molecule has 0 aromatic heterocycles. The molecule has 16 heavy (non-hydrogen) atoms. The molecule has 0 bridgehead atoms. The van der Waals surface area contributed by atoms with E-state index < -0.39 is 0 Å². The van der Waals surface area contributed by atoms with Crippen LogP contribution in [0.1, 0.15) is 13.8 Å². The average Bonchev–Trinajstić information content (AvgIpc) is 2.18. The van der Waals surface area contributed by atoms with E-state index in [1.54, 1.807) is 6.92 Å². The number of nitrogens with zero attached hydrogens (tertiary/aromatic N) is 1. The quantitative estimate of drug-likeness (QED) is 0.371. The number of rotatable bonds is 5. The molecule has 6 heteroatoms. The number of hydrogen-bond acceptors (Lipinski definition) is 6. The Morgan fingerprint density at radius 2 is 1.69 bits per heavy atom. The number of aliphatic hydroxyl groups is 3. The first kappa shape index (κ1) is 21.1. The zero-order valence-electron chi connectivity index (χ0n) is 11.0. The first-order valence-electron chi connectivity index (χ1n) is 5.44. The minimum atomic E-state index is -0.352. The van der Waals surface area contributed by atoms with E-state index in [4.69, 9.17) is 21.1 Å². The van der Waals surface area contributed by atoms with Gasteiger partial charge in [0.25, 0.3) is 0 Å². The van der Waals surface area contributed by atoms with E-state index in [0.29, 0.717) is 6.54 Å². The Balaban J connectivity index is -0.000000162. The normalized spacial score (nSPS) is 11.1. The van der Waals surface area contributed by atoms with E-state index in [9.17, 15) is 0 Å². The van der Waals surface area contributed by atoms with Gasteiger partial charge in [-0.3, -0.25) is 5.32 Å². The average molecular weight is 239 g/mol. The molecule has 0 spiro atoms. The zero-order valence-corrected chi connectivity index (χ0v) is 11.0. The molecule has 102 valence electrons. The summed E-state index contributed by atoms with van der Waals surface area (Å²) in [7, 11) is 3.85. The maximum absolute atomic E-state index is 8.44. The molecule has 0 rings (SSSR count). The summed E-state index contributed by atoms with van der Waals surface area (Å²) in [5.74, 6) is 0. The van der Waals surface area contributed by atoms with E-state index in [1.807, 2.05) is 25.9 Å². The van der Waals surface area contributed by atoms with Gasteiger partial charge in [0.1, 0.15) is 6.23 Å². The zero-order chi connectivity index (χ0) is 13.4. The number of nitrogens with two attached hydrogens (primary N) is 1. The Morgan fingerprint density at radius 1 is 1.25 bits per heavy atom. The molecule has 6 N–H and O–H groups in total. The molecular formula is C10H29N3O3. The van der Waals surface area contributed by atoms with Crippen LogP contribution in [0.3, 0.4) is 0 Å². The van der Waals surface area contributed by atoms with Crippen LogP contribution in [0.15, 0.2) is 0 Å². The van der Waals surface area contributed by atoms with Crippen LogP contribution in [0.25, 0.3) is 0 Å². The Kier molecular flexibility index (Phi) is 26.6. The maximum Gasteiger partial charge on any atom is 0.102 e. The molecule has 0 heterocycles. The minimum Gasteiger partial charge on any atom is -0.395 e. The van der Waals surface area contributed by atoms with E-state index in [1.165, 1.54) is 0 Å². The molecule has 6 nitrogen and oxygen atoms in total. The highest BCUT2D eigenvalue weighted by Crippen LogP contribution is 1.66. The van der Waals surface area contributed by atoms with Crippen LogP contribution in [0.5, 0.6) is 0 Å². The predicted molar refractivity (Wildman–Crippen MR) is 67.1 cm³/mol. The first-order chi connectivity index (χ1) is 7.45. The highest BCUT2D eigenvalue weighted by molar-refractivity contribution is 4.36.